The van der Waals surface area contributed by atoms with Gasteiger partial charge < -0.3 is 5.11 Å². The summed E-state index contributed by atoms with van der Waals surface area (Å²) >= 11 is 0. The molecule has 4 heteroatoms. The van der Waals surface area contributed by atoms with Crippen molar-refractivity contribution < 1.29 is 30.0 Å². The molecule has 0 saturated heterocycles. The third-order valence-corrected chi connectivity index (χ3v) is 7.04. The fourth-order valence-electron chi connectivity index (χ4n) is 4.72. The van der Waals surface area contributed by atoms with Crippen molar-refractivity contribution in [1.29, 1.82) is 0 Å². The number of pyridine rings is 1. The molecule has 4 aromatic rings. The number of hydrogen-bond donors (Lipinski definition) is 1. The van der Waals surface area contributed by atoms with Crippen LogP contribution in [0.5, 0.6) is 0 Å². The number of benzene rings is 3. The number of fused-ring (bicyclic) bond motifs is 5. The van der Waals surface area contributed by atoms with Gasteiger partial charge in [0.2, 0.25) is 0 Å². The molecule has 0 unspecified atom stereocenters. The van der Waals surface area contributed by atoms with Crippen LogP contribution in [0.1, 0.15) is 64.5 Å². The maximum absolute atomic E-state index is 11.7. The van der Waals surface area contributed by atoms with Gasteiger partial charge in [0.05, 0.1) is 5.76 Å². The normalized spacial score (nSPS) is 11.6. The third kappa shape index (κ3) is 6.60. The minimum atomic E-state index is 0. The molecule has 36 heavy (non-hydrogen) atoms. The summed E-state index contributed by atoms with van der Waals surface area (Å²) in [6.07, 6.45) is 6.85. The molecule has 3 aromatic carbocycles. The molecule has 0 aliphatic rings. The quantitative estimate of drug-likeness (QED) is 0.0933. The molecule has 3 nitrogen and oxygen atoms in total. The molecule has 0 fully saturated rings. The van der Waals surface area contributed by atoms with Crippen molar-refractivity contribution >= 4 is 38.2 Å². The van der Waals surface area contributed by atoms with Crippen LogP contribution in [0.4, 0.5) is 0 Å². The monoisotopic (exact) mass is 661 g/mol. The van der Waals surface area contributed by atoms with Gasteiger partial charge >= 0.3 is 0 Å². The van der Waals surface area contributed by atoms with E-state index in [9.17, 15) is 9.90 Å². The zero-order chi connectivity index (χ0) is 25.5. The molecule has 1 radical (unpaired) electrons. The summed E-state index contributed by atoms with van der Waals surface area (Å²) in [7, 11) is 0. The average Bonchev–Trinajstić information content (AvgIpc) is 2.85. The molecule has 1 N–H and O–H groups in total. The molecule has 0 atom stereocenters. The van der Waals surface area contributed by atoms with Crippen molar-refractivity contribution in [2.45, 2.75) is 67.2 Å². The zero-order valence-corrected chi connectivity index (χ0v) is 24.7. The Morgan fingerprint density at radius 3 is 2.19 bits per heavy atom. The maximum Gasteiger partial charge on any atom is 0.162 e. The van der Waals surface area contributed by atoms with Crippen LogP contribution >= 0.6 is 0 Å². The molecular weight excluding hydrogens is 623 g/mol. The van der Waals surface area contributed by atoms with Gasteiger partial charge in [-0.05, 0) is 49.6 Å². The number of aromatic nitrogens is 1. The number of carbonyl (C=O) groups excluding carboxylic acids is 1. The molecule has 1 aromatic heterocycles. The van der Waals surface area contributed by atoms with E-state index in [0.717, 1.165) is 31.2 Å². The first-order valence-electron chi connectivity index (χ1n) is 12.9. The second-order valence-corrected chi connectivity index (χ2v) is 9.40. The Balaban J connectivity index is 0.000000260. The van der Waals surface area contributed by atoms with Crippen LogP contribution in [0.25, 0.3) is 32.4 Å². The summed E-state index contributed by atoms with van der Waals surface area (Å²) in [5, 5.41) is 15.8. The minimum absolute atomic E-state index is 0. The average molecular weight is 661 g/mol. The first-order chi connectivity index (χ1) is 16.8. The standard InChI is InChI=1S/C19H14N.C13H24O2.Ir/c1-12-10-15-7-6-14-8-9-16-13(2)4-3-5-17(16)18(14)19(15)20-11-12;1-5-10(6-2)12(14)9-13(15)11(7-3)8-4;/h3-4,6-11H,1-2H3;9-11,14H,5-8H2,1-4H3;/q-1;;/b;12-9-;. The van der Waals surface area contributed by atoms with Crippen molar-refractivity contribution in [3.05, 3.63) is 77.7 Å². The third-order valence-electron chi connectivity index (χ3n) is 7.04. The molecule has 0 saturated carbocycles. The summed E-state index contributed by atoms with van der Waals surface area (Å²) < 4.78 is 0. The number of ketones is 1. The number of aliphatic hydroxyl groups excluding tert-OH is 1. The zero-order valence-electron chi connectivity index (χ0n) is 22.3. The van der Waals surface area contributed by atoms with E-state index in [1.54, 1.807) is 0 Å². The van der Waals surface area contributed by atoms with Crippen molar-refractivity contribution in [3.8, 4) is 0 Å². The van der Waals surface area contributed by atoms with Gasteiger partial charge in [0, 0.05) is 49.7 Å². The van der Waals surface area contributed by atoms with E-state index in [2.05, 4.69) is 61.3 Å². The van der Waals surface area contributed by atoms with Crippen LogP contribution in [-0.2, 0) is 24.9 Å². The summed E-state index contributed by atoms with van der Waals surface area (Å²) in [5.74, 6) is 0.547. The summed E-state index contributed by atoms with van der Waals surface area (Å²) in [5.41, 5.74) is 3.54. The van der Waals surface area contributed by atoms with E-state index in [4.69, 9.17) is 0 Å². The van der Waals surface area contributed by atoms with Crippen molar-refractivity contribution in [2.75, 3.05) is 0 Å². The largest absolute Gasteiger partial charge is 0.512 e. The Morgan fingerprint density at radius 2 is 1.56 bits per heavy atom. The van der Waals surface area contributed by atoms with Gasteiger partial charge in [0.15, 0.2) is 5.78 Å². The van der Waals surface area contributed by atoms with E-state index in [1.165, 1.54) is 44.1 Å². The van der Waals surface area contributed by atoms with Gasteiger partial charge in [-0.2, -0.15) is 0 Å². The number of nitrogens with zero attached hydrogens (tertiary/aromatic N) is 1. The molecule has 0 aliphatic carbocycles. The predicted molar refractivity (Wildman–Crippen MR) is 149 cm³/mol. The molecule has 4 rings (SSSR count). The SMILES string of the molecule is CCC(CC)C(=O)/C=C(\O)C(CC)CC.Cc1cnc2c(ccc3ccc4c(C)cc[c-]c4c32)c1.[Ir]. The van der Waals surface area contributed by atoms with Gasteiger partial charge in [-0.15, -0.1) is 34.5 Å². The first kappa shape index (κ1) is 29.7. The number of carbonyl (C=O) groups is 1. The maximum atomic E-state index is 11.7. The predicted octanol–water partition coefficient (Wildman–Crippen LogP) is 8.83. The van der Waals surface area contributed by atoms with Gasteiger partial charge in [0.1, 0.15) is 0 Å². The van der Waals surface area contributed by atoms with E-state index in [1.807, 2.05) is 40.0 Å². The molecule has 1 heterocycles. The summed E-state index contributed by atoms with van der Waals surface area (Å²) in [6, 6.07) is 18.4. The Morgan fingerprint density at radius 1 is 0.944 bits per heavy atom. The van der Waals surface area contributed by atoms with Crippen LogP contribution in [0, 0.1) is 31.7 Å². The van der Waals surface area contributed by atoms with Gasteiger partial charge in [-0.25, -0.2) is 0 Å². The van der Waals surface area contributed by atoms with Gasteiger partial charge in [0.25, 0.3) is 0 Å². The minimum Gasteiger partial charge on any atom is -0.512 e. The molecule has 0 amide bonds. The van der Waals surface area contributed by atoms with Crippen molar-refractivity contribution in [3.63, 3.8) is 0 Å². The van der Waals surface area contributed by atoms with E-state index >= 15 is 0 Å². The molecule has 0 spiro atoms. The number of hydrogen-bond acceptors (Lipinski definition) is 3. The van der Waals surface area contributed by atoms with E-state index < -0.39 is 0 Å². The first-order valence-corrected chi connectivity index (χ1v) is 12.9. The van der Waals surface area contributed by atoms with Crippen LogP contribution in [0.15, 0.2) is 60.5 Å². The van der Waals surface area contributed by atoms with Gasteiger partial charge in [-0.1, -0.05) is 69.7 Å². The Hall–Kier alpha value is -2.55. The molecule has 193 valence electrons. The number of aryl methyl sites for hydroxylation is 2. The molecule has 0 aliphatic heterocycles. The van der Waals surface area contributed by atoms with Crippen LogP contribution in [0.2, 0.25) is 0 Å². The molecule has 0 bridgehead atoms. The number of aliphatic hydroxyl groups is 1. The smallest absolute Gasteiger partial charge is 0.162 e. The number of allylic oxidation sites excluding steroid dienone is 2. The Kier molecular flexibility index (Phi) is 11.3. The summed E-state index contributed by atoms with van der Waals surface area (Å²) in [6.45, 7) is 12.3. The second-order valence-electron chi connectivity index (χ2n) is 9.40. The van der Waals surface area contributed by atoms with Crippen LogP contribution < -0.4 is 0 Å². The fraction of sp³-hybridized carbons (Fsp3) is 0.375. The second kappa shape index (κ2) is 13.7. The van der Waals surface area contributed by atoms with Crippen molar-refractivity contribution in [1.82, 2.24) is 4.98 Å². The Bertz CT molecular complexity index is 1350. The van der Waals surface area contributed by atoms with Gasteiger partial charge in [-0.3, -0.25) is 9.78 Å². The number of rotatable bonds is 7. The van der Waals surface area contributed by atoms with Crippen molar-refractivity contribution in [2.24, 2.45) is 11.8 Å². The molecular formula is C32H38IrNO2-. The fourth-order valence-corrected chi connectivity index (χ4v) is 4.72. The van der Waals surface area contributed by atoms with E-state index in [-0.39, 0.29) is 43.5 Å². The Labute approximate surface area is 229 Å². The van der Waals surface area contributed by atoms with Crippen LogP contribution in [-0.4, -0.2) is 15.9 Å². The summed E-state index contributed by atoms with van der Waals surface area (Å²) in [4.78, 5) is 16.4. The van der Waals surface area contributed by atoms with Crippen LogP contribution in [0.3, 0.4) is 0 Å². The topological polar surface area (TPSA) is 50.2 Å². The van der Waals surface area contributed by atoms with E-state index in [0.29, 0.717) is 0 Å².